The van der Waals surface area contributed by atoms with Gasteiger partial charge in [-0.3, -0.25) is 4.79 Å². The van der Waals surface area contributed by atoms with Crippen molar-refractivity contribution in [2.24, 2.45) is 5.73 Å². The van der Waals surface area contributed by atoms with Crippen LogP contribution in [0.25, 0.3) is 0 Å². The van der Waals surface area contributed by atoms with Crippen molar-refractivity contribution in [1.29, 1.82) is 0 Å². The van der Waals surface area contributed by atoms with E-state index < -0.39 is 0 Å². The summed E-state index contributed by atoms with van der Waals surface area (Å²) in [6.07, 6.45) is 3.26. The number of aryl methyl sites for hydroxylation is 1. The molecule has 0 saturated heterocycles. The first-order valence-electron chi connectivity index (χ1n) is 6.26. The molecular formula is C14H22N2O. The summed E-state index contributed by atoms with van der Waals surface area (Å²) in [6.45, 7) is 4.06. The van der Waals surface area contributed by atoms with Crippen LogP contribution in [0.5, 0.6) is 0 Å². The number of carbonyl (C=O) groups excluding carboxylic acids is 1. The molecule has 3 nitrogen and oxygen atoms in total. The molecule has 0 aliphatic heterocycles. The second kappa shape index (κ2) is 7.07. The van der Waals surface area contributed by atoms with E-state index in [2.05, 4.69) is 18.3 Å². The average molecular weight is 234 g/mol. The van der Waals surface area contributed by atoms with Gasteiger partial charge in [0.15, 0.2) is 0 Å². The molecule has 1 amide bonds. The topological polar surface area (TPSA) is 55.1 Å². The van der Waals surface area contributed by atoms with E-state index in [0.29, 0.717) is 6.42 Å². The Bertz CT molecular complexity index is 361. The Labute approximate surface area is 103 Å². The maximum atomic E-state index is 11.6. The largest absolute Gasteiger partial charge is 0.328 e. The first-order chi connectivity index (χ1) is 8.11. The summed E-state index contributed by atoms with van der Waals surface area (Å²) in [5.74, 6) is 0.0684. The third-order valence-electron chi connectivity index (χ3n) is 2.68. The van der Waals surface area contributed by atoms with Crippen LogP contribution in [0.15, 0.2) is 24.3 Å². The van der Waals surface area contributed by atoms with Crippen molar-refractivity contribution in [2.75, 3.05) is 5.32 Å². The number of carbonyl (C=O) groups is 1. The van der Waals surface area contributed by atoms with E-state index in [0.717, 1.165) is 24.9 Å². The van der Waals surface area contributed by atoms with E-state index in [-0.39, 0.29) is 11.9 Å². The monoisotopic (exact) mass is 234 g/mol. The number of anilines is 1. The van der Waals surface area contributed by atoms with Crippen molar-refractivity contribution >= 4 is 11.6 Å². The fourth-order valence-corrected chi connectivity index (χ4v) is 1.68. The van der Waals surface area contributed by atoms with Crippen LogP contribution in [0, 0.1) is 0 Å². The number of hydrogen-bond donors (Lipinski definition) is 2. The minimum Gasteiger partial charge on any atom is -0.328 e. The fourth-order valence-electron chi connectivity index (χ4n) is 1.68. The second-order valence-electron chi connectivity index (χ2n) is 4.47. The van der Waals surface area contributed by atoms with Gasteiger partial charge in [-0.25, -0.2) is 0 Å². The van der Waals surface area contributed by atoms with Gasteiger partial charge in [0.2, 0.25) is 5.91 Å². The highest BCUT2D eigenvalue weighted by Crippen LogP contribution is 2.12. The number of amides is 1. The Balaban J connectivity index is 2.39. The van der Waals surface area contributed by atoms with Gasteiger partial charge >= 0.3 is 0 Å². The lowest BCUT2D eigenvalue weighted by molar-refractivity contribution is -0.116. The van der Waals surface area contributed by atoms with Crippen molar-refractivity contribution in [1.82, 2.24) is 0 Å². The molecule has 1 atom stereocenters. The molecule has 0 aromatic heterocycles. The van der Waals surface area contributed by atoms with E-state index in [9.17, 15) is 4.79 Å². The molecule has 3 N–H and O–H groups in total. The summed E-state index contributed by atoms with van der Waals surface area (Å²) in [5.41, 5.74) is 7.76. The van der Waals surface area contributed by atoms with Crippen molar-refractivity contribution < 1.29 is 4.79 Å². The van der Waals surface area contributed by atoms with Crippen LogP contribution in [0.1, 0.15) is 38.7 Å². The minimum absolute atomic E-state index is 0.0684. The Morgan fingerprint density at radius 2 is 2.24 bits per heavy atom. The molecule has 0 aliphatic carbocycles. The molecule has 17 heavy (non-hydrogen) atoms. The van der Waals surface area contributed by atoms with E-state index >= 15 is 0 Å². The van der Waals surface area contributed by atoms with Gasteiger partial charge in [0.25, 0.3) is 0 Å². The SMILES string of the molecule is CCc1cccc(NC(=O)CCCC(C)N)c1. The van der Waals surface area contributed by atoms with Gasteiger partial charge < -0.3 is 11.1 Å². The first-order valence-corrected chi connectivity index (χ1v) is 6.26. The molecule has 0 saturated carbocycles. The van der Waals surface area contributed by atoms with Crippen LogP contribution in [0.3, 0.4) is 0 Å². The van der Waals surface area contributed by atoms with Crippen molar-refractivity contribution in [3.63, 3.8) is 0 Å². The number of rotatable bonds is 6. The maximum Gasteiger partial charge on any atom is 0.224 e. The lowest BCUT2D eigenvalue weighted by atomic mass is 10.1. The number of nitrogens with two attached hydrogens (primary N) is 1. The standard InChI is InChI=1S/C14H22N2O/c1-3-12-7-5-8-13(10-12)16-14(17)9-4-6-11(2)15/h5,7-8,10-11H,3-4,6,9,15H2,1-2H3,(H,16,17). The predicted molar refractivity (Wildman–Crippen MR) is 72.0 cm³/mol. The molecule has 3 heteroatoms. The predicted octanol–water partition coefficient (Wildman–Crippen LogP) is 2.71. The first kappa shape index (κ1) is 13.7. The minimum atomic E-state index is 0.0684. The summed E-state index contributed by atoms with van der Waals surface area (Å²) in [4.78, 5) is 11.6. The number of nitrogens with one attached hydrogen (secondary N) is 1. The third-order valence-corrected chi connectivity index (χ3v) is 2.68. The lowest BCUT2D eigenvalue weighted by Gasteiger charge is -2.07. The van der Waals surface area contributed by atoms with Gasteiger partial charge in [-0.2, -0.15) is 0 Å². The molecule has 94 valence electrons. The van der Waals surface area contributed by atoms with Gasteiger partial charge in [-0.05, 0) is 43.9 Å². The molecule has 1 unspecified atom stereocenters. The van der Waals surface area contributed by atoms with E-state index in [1.165, 1.54) is 5.56 Å². The van der Waals surface area contributed by atoms with Crippen molar-refractivity contribution in [3.8, 4) is 0 Å². The molecule has 0 radical (unpaired) electrons. The molecule has 0 aliphatic rings. The summed E-state index contributed by atoms with van der Waals surface area (Å²) < 4.78 is 0. The molecule has 0 bridgehead atoms. The van der Waals surface area contributed by atoms with Crippen LogP contribution < -0.4 is 11.1 Å². The van der Waals surface area contributed by atoms with Gasteiger partial charge in [0.1, 0.15) is 0 Å². The van der Waals surface area contributed by atoms with Gasteiger partial charge in [0.05, 0.1) is 0 Å². The van der Waals surface area contributed by atoms with Crippen LogP contribution in [-0.2, 0) is 11.2 Å². The highest BCUT2D eigenvalue weighted by atomic mass is 16.1. The quantitative estimate of drug-likeness (QED) is 0.795. The Hall–Kier alpha value is -1.35. The van der Waals surface area contributed by atoms with Crippen LogP contribution in [-0.4, -0.2) is 11.9 Å². The molecular weight excluding hydrogens is 212 g/mol. The number of hydrogen-bond acceptors (Lipinski definition) is 2. The summed E-state index contributed by atoms with van der Waals surface area (Å²) in [7, 11) is 0. The van der Waals surface area contributed by atoms with E-state index in [4.69, 9.17) is 5.73 Å². The summed E-state index contributed by atoms with van der Waals surface area (Å²) in [6, 6.07) is 8.14. The Kier molecular flexibility index (Phi) is 5.70. The Morgan fingerprint density at radius 3 is 2.88 bits per heavy atom. The molecule has 1 rings (SSSR count). The lowest BCUT2D eigenvalue weighted by Crippen LogP contribution is -2.16. The van der Waals surface area contributed by atoms with Gasteiger partial charge in [0, 0.05) is 18.2 Å². The number of benzene rings is 1. The van der Waals surface area contributed by atoms with Crippen LogP contribution in [0.2, 0.25) is 0 Å². The van der Waals surface area contributed by atoms with Crippen LogP contribution in [0.4, 0.5) is 5.69 Å². The van der Waals surface area contributed by atoms with Crippen molar-refractivity contribution in [2.45, 2.75) is 45.6 Å². The van der Waals surface area contributed by atoms with Gasteiger partial charge in [-0.1, -0.05) is 19.1 Å². The van der Waals surface area contributed by atoms with E-state index in [1.807, 2.05) is 25.1 Å². The molecule has 0 fully saturated rings. The van der Waals surface area contributed by atoms with Crippen molar-refractivity contribution in [3.05, 3.63) is 29.8 Å². The average Bonchev–Trinajstić information content (AvgIpc) is 2.28. The zero-order valence-corrected chi connectivity index (χ0v) is 10.7. The normalized spacial score (nSPS) is 12.2. The Morgan fingerprint density at radius 1 is 1.47 bits per heavy atom. The molecule has 0 spiro atoms. The zero-order chi connectivity index (χ0) is 12.7. The third kappa shape index (κ3) is 5.50. The fraction of sp³-hybridized carbons (Fsp3) is 0.500. The highest BCUT2D eigenvalue weighted by molar-refractivity contribution is 5.90. The smallest absolute Gasteiger partial charge is 0.224 e. The second-order valence-corrected chi connectivity index (χ2v) is 4.47. The van der Waals surface area contributed by atoms with E-state index in [1.54, 1.807) is 0 Å². The zero-order valence-electron chi connectivity index (χ0n) is 10.7. The van der Waals surface area contributed by atoms with Gasteiger partial charge in [-0.15, -0.1) is 0 Å². The summed E-state index contributed by atoms with van der Waals surface area (Å²) >= 11 is 0. The molecule has 1 aromatic carbocycles. The molecule has 1 aromatic rings. The molecule has 0 heterocycles. The summed E-state index contributed by atoms with van der Waals surface area (Å²) in [5, 5.41) is 2.91. The van der Waals surface area contributed by atoms with Crippen LogP contribution >= 0.6 is 0 Å². The maximum absolute atomic E-state index is 11.6. The highest BCUT2D eigenvalue weighted by Gasteiger charge is 2.03.